The Morgan fingerprint density at radius 3 is 2.38 bits per heavy atom. The number of amides is 2. The Morgan fingerprint density at radius 1 is 1.03 bits per heavy atom. The molecular formula is C26H29N5O5S. The normalized spacial score (nSPS) is 13.1. The fraction of sp³-hybridized carbons (Fsp3) is 0.308. The second-order valence-corrected chi connectivity index (χ2v) is 8.36. The van der Waals surface area contributed by atoms with Crippen molar-refractivity contribution in [2.75, 3.05) is 54.0 Å². The topological polar surface area (TPSA) is 106 Å². The summed E-state index contributed by atoms with van der Waals surface area (Å²) in [6.07, 6.45) is 0. The van der Waals surface area contributed by atoms with Crippen LogP contribution in [0.4, 0.5) is 22.0 Å². The van der Waals surface area contributed by atoms with Crippen molar-refractivity contribution < 1.29 is 23.8 Å². The van der Waals surface area contributed by atoms with Crippen molar-refractivity contribution in [3.63, 3.8) is 0 Å². The van der Waals surface area contributed by atoms with E-state index in [0.29, 0.717) is 67.2 Å². The summed E-state index contributed by atoms with van der Waals surface area (Å²) >= 11 is 4.35. The molecule has 3 aromatic rings. The molecule has 1 aromatic heterocycles. The second kappa shape index (κ2) is 12.4. The second-order valence-electron chi connectivity index (χ2n) is 7.96. The summed E-state index contributed by atoms with van der Waals surface area (Å²) in [5, 5.41) is 2.79. The minimum absolute atomic E-state index is 0.0670. The molecule has 0 bridgehead atoms. The number of benzene rings is 2. The van der Waals surface area contributed by atoms with Gasteiger partial charge in [0, 0.05) is 24.3 Å². The minimum atomic E-state index is -0.583. The highest BCUT2D eigenvalue weighted by Gasteiger charge is 2.27. The SMILES string of the molecule is CCOC(=O)c1nc(-c2ccc(N(S)C(=O)Nc3ccccc3)cc2)nc(N2CCOCC2)c1OCC. The molecule has 1 fully saturated rings. The van der Waals surface area contributed by atoms with Crippen LogP contribution >= 0.6 is 12.8 Å². The van der Waals surface area contributed by atoms with E-state index in [-0.39, 0.29) is 12.3 Å². The minimum Gasteiger partial charge on any atom is -0.488 e. The highest BCUT2D eigenvalue weighted by molar-refractivity contribution is 7.82. The zero-order valence-corrected chi connectivity index (χ0v) is 21.6. The summed E-state index contributed by atoms with van der Waals surface area (Å²) in [5.74, 6) is 0.557. The molecule has 1 saturated heterocycles. The number of aromatic nitrogens is 2. The van der Waals surface area contributed by atoms with Gasteiger partial charge in [-0.25, -0.2) is 23.9 Å². The third kappa shape index (κ3) is 6.30. The molecule has 194 valence electrons. The van der Waals surface area contributed by atoms with Crippen molar-refractivity contribution in [3.8, 4) is 17.1 Å². The molecule has 2 aromatic carbocycles. The van der Waals surface area contributed by atoms with Gasteiger partial charge < -0.3 is 24.4 Å². The van der Waals surface area contributed by atoms with Crippen molar-refractivity contribution in [3.05, 3.63) is 60.3 Å². The molecule has 1 aliphatic rings. The average Bonchev–Trinajstić information content (AvgIpc) is 2.94. The van der Waals surface area contributed by atoms with Crippen molar-refractivity contribution >= 4 is 42.0 Å². The van der Waals surface area contributed by atoms with Crippen LogP contribution in [0.2, 0.25) is 0 Å². The van der Waals surface area contributed by atoms with Crippen LogP contribution in [0, 0.1) is 0 Å². The van der Waals surface area contributed by atoms with Gasteiger partial charge in [0.25, 0.3) is 0 Å². The largest absolute Gasteiger partial charge is 0.488 e. The van der Waals surface area contributed by atoms with Crippen molar-refractivity contribution in [1.82, 2.24) is 9.97 Å². The summed E-state index contributed by atoms with van der Waals surface area (Å²) in [6.45, 7) is 6.39. The number of urea groups is 1. The first-order chi connectivity index (χ1) is 18.0. The molecule has 0 spiro atoms. The Labute approximate surface area is 221 Å². The van der Waals surface area contributed by atoms with Crippen LogP contribution in [0.15, 0.2) is 54.6 Å². The molecule has 4 rings (SSSR count). The van der Waals surface area contributed by atoms with Gasteiger partial charge in [-0.05, 0) is 50.2 Å². The van der Waals surface area contributed by atoms with E-state index in [1.54, 1.807) is 43.3 Å². The van der Waals surface area contributed by atoms with Gasteiger partial charge in [-0.2, -0.15) is 0 Å². The number of rotatable bonds is 8. The van der Waals surface area contributed by atoms with Gasteiger partial charge in [0.05, 0.1) is 32.1 Å². The molecule has 0 atom stereocenters. The zero-order valence-electron chi connectivity index (χ0n) is 20.7. The van der Waals surface area contributed by atoms with Crippen molar-refractivity contribution in [2.45, 2.75) is 13.8 Å². The van der Waals surface area contributed by atoms with E-state index in [1.807, 2.05) is 30.0 Å². The standard InChI is InChI=1S/C26H29N5O5S/c1-3-35-22-21(25(32)36-4-2)28-23(29-24(22)30-14-16-34-17-15-30)18-10-12-20(13-11-18)31(37)26(33)27-19-8-6-5-7-9-19/h5-13,37H,3-4,14-17H2,1-2H3,(H,27,33). The third-order valence-electron chi connectivity index (χ3n) is 5.50. The van der Waals surface area contributed by atoms with Crippen LogP contribution in [-0.2, 0) is 9.47 Å². The Kier molecular flexibility index (Phi) is 8.81. The van der Waals surface area contributed by atoms with E-state index in [0.717, 1.165) is 0 Å². The number of hydrogen-bond donors (Lipinski definition) is 2. The molecule has 10 nitrogen and oxygen atoms in total. The smallest absolute Gasteiger partial charge is 0.361 e. The van der Waals surface area contributed by atoms with E-state index in [1.165, 1.54) is 4.31 Å². The maximum absolute atomic E-state index is 12.8. The summed E-state index contributed by atoms with van der Waals surface area (Å²) in [5.41, 5.74) is 1.92. The van der Waals surface area contributed by atoms with E-state index >= 15 is 0 Å². The highest BCUT2D eigenvalue weighted by Crippen LogP contribution is 2.34. The molecule has 0 unspecified atom stereocenters. The van der Waals surface area contributed by atoms with Crippen LogP contribution in [0.1, 0.15) is 24.3 Å². The van der Waals surface area contributed by atoms with Crippen molar-refractivity contribution in [2.24, 2.45) is 0 Å². The molecular weight excluding hydrogens is 494 g/mol. The van der Waals surface area contributed by atoms with Gasteiger partial charge in [0.15, 0.2) is 23.1 Å². The number of thiol groups is 1. The number of carbonyl (C=O) groups is 2. The van der Waals surface area contributed by atoms with Crippen molar-refractivity contribution in [1.29, 1.82) is 0 Å². The Balaban J connectivity index is 1.66. The number of anilines is 3. The average molecular weight is 524 g/mol. The maximum atomic E-state index is 12.8. The summed E-state index contributed by atoms with van der Waals surface area (Å²) in [4.78, 5) is 36.7. The zero-order chi connectivity index (χ0) is 26.2. The third-order valence-corrected chi connectivity index (χ3v) is 5.92. The number of nitrogens with zero attached hydrogens (tertiary/aromatic N) is 4. The van der Waals surface area contributed by atoms with E-state index in [2.05, 4.69) is 23.1 Å². The number of morpholine rings is 1. The Bertz CT molecular complexity index is 1220. The van der Waals surface area contributed by atoms with Crippen LogP contribution in [0.3, 0.4) is 0 Å². The number of ether oxygens (including phenoxy) is 3. The molecule has 0 radical (unpaired) electrons. The molecule has 37 heavy (non-hydrogen) atoms. The molecule has 0 aliphatic carbocycles. The molecule has 0 saturated carbocycles. The van der Waals surface area contributed by atoms with Gasteiger partial charge in [-0.15, -0.1) is 0 Å². The van der Waals surface area contributed by atoms with Gasteiger partial charge >= 0.3 is 12.0 Å². The van der Waals surface area contributed by atoms with Crippen LogP contribution in [0.25, 0.3) is 11.4 Å². The lowest BCUT2D eigenvalue weighted by molar-refractivity contribution is 0.0514. The van der Waals surface area contributed by atoms with Gasteiger partial charge in [-0.3, -0.25) is 0 Å². The molecule has 2 heterocycles. The van der Waals surface area contributed by atoms with Gasteiger partial charge in [0.1, 0.15) is 0 Å². The molecule has 11 heteroatoms. The van der Waals surface area contributed by atoms with Crippen LogP contribution in [0.5, 0.6) is 5.75 Å². The summed E-state index contributed by atoms with van der Waals surface area (Å²) in [6, 6.07) is 15.7. The monoisotopic (exact) mass is 523 g/mol. The quantitative estimate of drug-likeness (QED) is 0.330. The van der Waals surface area contributed by atoms with Gasteiger partial charge in [0.2, 0.25) is 0 Å². The fourth-order valence-corrected chi connectivity index (χ4v) is 3.92. The van der Waals surface area contributed by atoms with Gasteiger partial charge in [-0.1, -0.05) is 31.0 Å². The number of para-hydroxylation sites is 1. The first-order valence-corrected chi connectivity index (χ1v) is 12.4. The number of esters is 1. The van der Waals surface area contributed by atoms with E-state index < -0.39 is 12.0 Å². The molecule has 1 aliphatic heterocycles. The summed E-state index contributed by atoms with van der Waals surface area (Å²) in [7, 11) is 0. The van der Waals surface area contributed by atoms with Crippen LogP contribution in [-0.4, -0.2) is 61.5 Å². The summed E-state index contributed by atoms with van der Waals surface area (Å²) < 4.78 is 17.8. The Hall–Kier alpha value is -3.83. The maximum Gasteiger partial charge on any atom is 0.361 e. The molecule has 1 N–H and O–H groups in total. The first-order valence-electron chi connectivity index (χ1n) is 12.0. The highest BCUT2D eigenvalue weighted by atomic mass is 32.1. The Morgan fingerprint density at radius 2 is 1.73 bits per heavy atom. The number of nitrogens with one attached hydrogen (secondary N) is 1. The molecule has 2 amide bonds. The van der Waals surface area contributed by atoms with E-state index in [4.69, 9.17) is 19.2 Å². The predicted octanol–water partition coefficient (Wildman–Crippen LogP) is 4.44. The first kappa shape index (κ1) is 26.2. The van der Waals surface area contributed by atoms with Crippen LogP contribution < -0.4 is 19.3 Å². The lowest BCUT2D eigenvalue weighted by atomic mass is 10.1. The number of hydrogen-bond acceptors (Lipinski definition) is 9. The number of carbonyl (C=O) groups excluding carboxylic acids is 2. The fourth-order valence-electron chi connectivity index (χ4n) is 3.74. The lowest BCUT2D eigenvalue weighted by Gasteiger charge is -2.29. The van der Waals surface area contributed by atoms with E-state index in [9.17, 15) is 9.59 Å². The predicted molar refractivity (Wildman–Crippen MR) is 145 cm³/mol. The lowest BCUT2D eigenvalue weighted by Crippen LogP contribution is -2.37.